The number of hydrogen-bond donors (Lipinski definition) is 0. The minimum atomic E-state index is 0. The van der Waals surface area contributed by atoms with E-state index in [9.17, 15) is 0 Å². The van der Waals surface area contributed by atoms with E-state index in [1.807, 2.05) is 0 Å². The summed E-state index contributed by atoms with van der Waals surface area (Å²) in [4.78, 5) is 0. The van der Waals surface area contributed by atoms with Crippen molar-refractivity contribution in [1.82, 2.24) is 0 Å². The monoisotopic (exact) mass is 1550 g/mol. The summed E-state index contributed by atoms with van der Waals surface area (Å²) in [6.45, 7) is 0. The van der Waals surface area contributed by atoms with E-state index in [1.54, 1.807) is 0 Å². The van der Waals surface area contributed by atoms with Gasteiger partial charge in [0.15, 0.2) is 0 Å². The summed E-state index contributed by atoms with van der Waals surface area (Å²) < 4.78 is 0. The van der Waals surface area contributed by atoms with Crippen molar-refractivity contribution in [3.8, 4) is 0 Å². The SMILES string of the molecule is Cl.Cl.Cl.Cl.Cl.Cl.Cl.Cl.Cl.Cl.Cl.Cl.Cl.Cl.Cl.Cl.Cl.Cl.Cl.Cl.Cl.Cl.Cl.Cl.Cl.Cl.Cl.Cl.Cl.Cl.[Cl-].[Cl-].[Cl-].[Cl-].[Cl-].[Cl-].[Cl-].[Cl-].[Cl-].[Cl-].[Mg+2].[Mg+2].[Mg+2].[Mg+2].[Mg+2]. The average molecular weight is 1570 g/mol. The van der Waals surface area contributed by atoms with Crippen LogP contribution >= 0.6 is 372 Å². The largest absolute Gasteiger partial charge is 2.00 e. The van der Waals surface area contributed by atoms with Crippen molar-refractivity contribution < 1.29 is 124 Å². The normalized spacial score (nSPS) is 0. The van der Waals surface area contributed by atoms with Crippen LogP contribution in [0, 0.1) is 0 Å². The molecule has 0 atom stereocenters. The molecule has 0 fully saturated rings. The fourth-order valence-corrected chi connectivity index (χ4v) is 0. The summed E-state index contributed by atoms with van der Waals surface area (Å²) in [6, 6.07) is 0. The van der Waals surface area contributed by atoms with Gasteiger partial charge in [-0.2, -0.15) is 0 Å². The van der Waals surface area contributed by atoms with E-state index in [-0.39, 0.29) is 612 Å². The Labute approximate surface area is 599 Å². The number of halogens is 40. The Bertz CT molecular complexity index is 22.6. The second-order valence-corrected chi connectivity index (χ2v) is 0. The van der Waals surface area contributed by atoms with E-state index in [4.69, 9.17) is 0 Å². The van der Waals surface area contributed by atoms with Gasteiger partial charge in [0.1, 0.15) is 0 Å². The van der Waals surface area contributed by atoms with Crippen LogP contribution in [0.3, 0.4) is 0 Å². The molecule has 0 aliphatic rings. The van der Waals surface area contributed by atoms with Crippen LogP contribution in [0.15, 0.2) is 0 Å². The zero-order chi connectivity index (χ0) is 0. The third kappa shape index (κ3) is 823. The molecule has 0 bridgehead atoms. The minimum Gasteiger partial charge on any atom is -1.00 e. The molecule has 0 heterocycles. The topological polar surface area (TPSA) is 0 Å². The van der Waals surface area contributed by atoms with Crippen molar-refractivity contribution in [3.05, 3.63) is 0 Å². The minimum absolute atomic E-state index is 0. The third-order valence-electron chi connectivity index (χ3n) is 0. The summed E-state index contributed by atoms with van der Waals surface area (Å²) in [6.07, 6.45) is 0. The Kier molecular flexibility index (Phi) is 17000. The molecule has 0 saturated heterocycles. The predicted molar refractivity (Wildman–Crippen MR) is 246 cm³/mol. The summed E-state index contributed by atoms with van der Waals surface area (Å²) in [5, 5.41) is 0. The van der Waals surface area contributed by atoms with Gasteiger partial charge >= 0.3 is 115 Å². The van der Waals surface area contributed by atoms with Crippen LogP contribution in [0.1, 0.15) is 0 Å². The molecule has 0 amide bonds. The van der Waals surface area contributed by atoms with Crippen molar-refractivity contribution in [1.29, 1.82) is 0 Å². The first-order valence-electron chi connectivity index (χ1n) is 0. The Hall–Kier alpha value is 15.4. The molecule has 320 valence electrons. The molecule has 0 unspecified atom stereocenters. The zero-order valence-corrected chi connectivity index (χ0v) is 58.7. The maximum Gasteiger partial charge on any atom is 2.00 e. The molecule has 0 nitrogen and oxygen atoms in total. The van der Waals surface area contributed by atoms with Crippen LogP contribution in [0.2, 0.25) is 0 Å². The van der Waals surface area contributed by atoms with Gasteiger partial charge in [-0.3, -0.25) is 0 Å². The van der Waals surface area contributed by atoms with Gasteiger partial charge in [0.25, 0.3) is 0 Å². The van der Waals surface area contributed by atoms with Crippen molar-refractivity contribution in [2.45, 2.75) is 0 Å². The molecule has 45 heavy (non-hydrogen) atoms. The van der Waals surface area contributed by atoms with Gasteiger partial charge in [-0.15, -0.1) is 372 Å². The van der Waals surface area contributed by atoms with E-state index in [1.165, 1.54) is 0 Å². The molecule has 0 aliphatic heterocycles. The van der Waals surface area contributed by atoms with Gasteiger partial charge in [0.2, 0.25) is 0 Å². The Balaban J connectivity index is 0. The van der Waals surface area contributed by atoms with Crippen LogP contribution < -0.4 is 124 Å². The molecule has 45 heteroatoms. The van der Waals surface area contributed by atoms with E-state index in [0.29, 0.717) is 0 Å². The van der Waals surface area contributed by atoms with Gasteiger partial charge in [0, 0.05) is 0 Å². The molecule has 0 aromatic carbocycles. The molecular weight excluding hydrogens is 1540 g/mol. The first-order valence-corrected chi connectivity index (χ1v) is 0. The molecule has 0 aromatic heterocycles. The molecular formula is H30Cl40Mg5. The molecule has 0 rings (SSSR count). The second-order valence-electron chi connectivity index (χ2n) is 0. The smallest absolute Gasteiger partial charge is 1.00 e. The Morgan fingerprint density at radius 2 is 0.0667 bits per heavy atom. The molecule has 0 aromatic rings. The first kappa shape index (κ1) is 896. The molecule has 0 spiro atoms. The predicted octanol–water partition coefficient (Wildman–Crippen LogP) is -19.2. The maximum atomic E-state index is 0. The Morgan fingerprint density at radius 3 is 0.0667 bits per heavy atom. The molecule has 0 saturated carbocycles. The average Bonchev–Trinajstić information content (AvgIpc) is 0. The number of rotatable bonds is 0. The van der Waals surface area contributed by atoms with Crippen LogP contribution in [-0.4, -0.2) is 115 Å². The standard InChI is InChI=1S/40ClH.5Mg/h40*1H;;;;;/q;;;;;;;;;;;;;;;;;;;;;;;;;;;;;;;;;;;;;;;;5*+2/p-10. The fourth-order valence-electron chi connectivity index (χ4n) is 0. The van der Waals surface area contributed by atoms with Gasteiger partial charge in [-0.1, -0.05) is 0 Å². The van der Waals surface area contributed by atoms with Gasteiger partial charge in [-0.05, 0) is 0 Å². The third-order valence-corrected chi connectivity index (χ3v) is 0. The summed E-state index contributed by atoms with van der Waals surface area (Å²) in [5.74, 6) is 0. The quantitative estimate of drug-likeness (QED) is 0.212. The van der Waals surface area contributed by atoms with E-state index in [2.05, 4.69) is 0 Å². The van der Waals surface area contributed by atoms with Crippen molar-refractivity contribution in [2.75, 3.05) is 0 Å². The van der Waals surface area contributed by atoms with E-state index < -0.39 is 0 Å². The van der Waals surface area contributed by atoms with Crippen molar-refractivity contribution in [2.24, 2.45) is 0 Å². The van der Waals surface area contributed by atoms with Crippen LogP contribution in [-0.2, 0) is 0 Å². The van der Waals surface area contributed by atoms with Gasteiger partial charge < -0.3 is 124 Å². The van der Waals surface area contributed by atoms with Crippen LogP contribution in [0.4, 0.5) is 0 Å². The first-order chi connectivity index (χ1) is 0. The van der Waals surface area contributed by atoms with Crippen molar-refractivity contribution >= 4 is 487 Å². The van der Waals surface area contributed by atoms with Crippen LogP contribution in [0.25, 0.3) is 0 Å². The summed E-state index contributed by atoms with van der Waals surface area (Å²) in [7, 11) is 0. The molecule has 0 radical (unpaired) electrons. The molecule has 0 aliphatic carbocycles. The zero-order valence-electron chi connectivity index (χ0n) is 19.6. The fraction of sp³-hybridized carbons (Fsp3) is 0. The maximum absolute atomic E-state index is 0. The van der Waals surface area contributed by atoms with Crippen LogP contribution in [0.5, 0.6) is 0 Å². The summed E-state index contributed by atoms with van der Waals surface area (Å²) in [5.41, 5.74) is 0. The van der Waals surface area contributed by atoms with Crippen molar-refractivity contribution in [3.63, 3.8) is 0 Å². The molecule has 0 N–H and O–H groups in total. The summed E-state index contributed by atoms with van der Waals surface area (Å²) >= 11 is 0. The Morgan fingerprint density at radius 1 is 0.0667 bits per heavy atom. The van der Waals surface area contributed by atoms with Gasteiger partial charge in [0.05, 0.1) is 0 Å². The van der Waals surface area contributed by atoms with E-state index in [0.717, 1.165) is 0 Å². The number of hydrogen-bond acceptors (Lipinski definition) is 0. The van der Waals surface area contributed by atoms with Gasteiger partial charge in [-0.25, -0.2) is 0 Å². The second kappa shape index (κ2) is 852. The van der Waals surface area contributed by atoms with E-state index >= 15 is 0 Å².